The smallest absolute Gasteiger partial charge is 0.318 e. The maximum Gasteiger partial charge on any atom is 0.318 e. The lowest BCUT2D eigenvalue weighted by molar-refractivity contribution is 0.0240. The summed E-state index contributed by atoms with van der Waals surface area (Å²) in [7, 11) is 0.0210. The maximum absolute atomic E-state index is 11.6. The molecule has 0 radical (unpaired) electrons. The number of nitrogens with one attached hydrogen (secondary N) is 1. The van der Waals surface area contributed by atoms with Crippen molar-refractivity contribution in [3.63, 3.8) is 0 Å². The Hall–Kier alpha value is -1.41. The molecular weight excluding hydrogens is 282 g/mol. The molecule has 7 nitrogen and oxygen atoms in total. The lowest BCUT2D eigenvalue weighted by atomic mass is 10.0. The number of anilines is 1. The standard InChI is InChI=1S/C12H19N3O4S/c1-9-6-10(15-11(14-9)18-2)13-7-12(19-3)4-5-20(16,17)8-12/h6H,4-5,7-8H2,1-3H3,(H,13,14,15). The van der Waals surface area contributed by atoms with Gasteiger partial charge in [0.15, 0.2) is 9.84 Å². The monoisotopic (exact) mass is 301 g/mol. The molecule has 0 bridgehead atoms. The molecule has 1 aromatic rings. The quantitative estimate of drug-likeness (QED) is 0.842. The fourth-order valence-electron chi connectivity index (χ4n) is 2.23. The van der Waals surface area contributed by atoms with Gasteiger partial charge in [-0.2, -0.15) is 4.98 Å². The first kappa shape index (κ1) is 15.0. The second-order valence-corrected chi connectivity index (χ2v) is 7.15. The largest absolute Gasteiger partial charge is 0.467 e. The molecular formula is C12H19N3O4S. The summed E-state index contributed by atoms with van der Waals surface area (Å²) in [4.78, 5) is 8.26. The van der Waals surface area contributed by atoms with Crippen molar-refractivity contribution in [2.45, 2.75) is 18.9 Å². The number of nitrogens with zero attached hydrogens (tertiary/aromatic N) is 2. The van der Waals surface area contributed by atoms with E-state index in [9.17, 15) is 8.42 Å². The van der Waals surface area contributed by atoms with Crippen molar-refractivity contribution in [3.05, 3.63) is 11.8 Å². The van der Waals surface area contributed by atoms with Crippen LogP contribution in [-0.4, -0.2) is 56.3 Å². The van der Waals surface area contributed by atoms with Crippen LogP contribution in [0.25, 0.3) is 0 Å². The lowest BCUT2D eigenvalue weighted by Crippen LogP contribution is -2.40. The fourth-order valence-corrected chi connectivity index (χ4v) is 4.23. The molecule has 1 aromatic heterocycles. The average Bonchev–Trinajstić information content (AvgIpc) is 2.72. The summed E-state index contributed by atoms with van der Waals surface area (Å²) in [6, 6.07) is 2.05. The zero-order valence-corrected chi connectivity index (χ0v) is 12.7. The van der Waals surface area contributed by atoms with E-state index in [1.807, 2.05) is 6.92 Å². The Morgan fingerprint density at radius 3 is 2.70 bits per heavy atom. The first-order valence-electron chi connectivity index (χ1n) is 6.27. The minimum Gasteiger partial charge on any atom is -0.467 e. The lowest BCUT2D eigenvalue weighted by Gasteiger charge is -2.26. The Balaban J connectivity index is 2.09. The third-order valence-electron chi connectivity index (χ3n) is 3.39. The topological polar surface area (TPSA) is 90.4 Å². The molecule has 1 unspecified atom stereocenters. The van der Waals surface area contributed by atoms with Gasteiger partial charge in [0, 0.05) is 25.4 Å². The molecule has 0 aliphatic carbocycles. The predicted molar refractivity (Wildman–Crippen MR) is 74.8 cm³/mol. The maximum atomic E-state index is 11.6. The van der Waals surface area contributed by atoms with E-state index in [1.165, 1.54) is 14.2 Å². The zero-order chi connectivity index (χ0) is 14.8. The molecule has 1 saturated heterocycles. The fraction of sp³-hybridized carbons (Fsp3) is 0.667. The molecule has 1 atom stereocenters. The van der Waals surface area contributed by atoms with Gasteiger partial charge in [-0.1, -0.05) is 0 Å². The molecule has 2 rings (SSSR count). The minimum atomic E-state index is -3.01. The SMILES string of the molecule is COc1nc(C)cc(NCC2(OC)CCS(=O)(=O)C2)n1. The summed E-state index contributed by atoms with van der Waals surface area (Å²) >= 11 is 0. The summed E-state index contributed by atoms with van der Waals surface area (Å²) in [6.07, 6.45) is 0.486. The van der Waals surface area contributed by atoms with Gasteiger partial charge >= 0.3 is 6.01 Å². The van der Waals surface area contributed by atoms with Crippen LogP contribution in [0.5, 0.6) is 6.01 Å². The van der Waals surface area contributed by atoms with Crippen LogP contribution in [0.2, 0.25) is 0 Å². The van der Waals surface area contributed by atoms with Gasteiger partial charge in [-0.25, -0.2) is 13.4 Å². The Bertz CT molecular complexity index is 590. The zero-order valence-electron chi connectivity index (χ0n) is 11.8. The third kappa shape index (κ3) is 3.37. The van der Waals surface area contributed by atoms with Gasteiger partial charge in [-0.15, -0.1) is 0 Å². The molecule has 0 saturated carbocycles. The van der Waals surface area contributed by atoms with Crippen LogP contribution < -0.4 is 10.1 Å². The Morgan fingerprint density at radius 2 is 2.15 bits per heavy atom. The summed E-state index contributed by atoms with van der Waals surface area (Å²) < 4.78 is 33.7. The minimum absolute atomic E-state index is 0.0324. The molecule has 2 heterocycles. The predicted octanol–water partition coefficient (Wildman–Crippen LogP) is 0.409. The van der Waals surface area contributed by atoms with Crippen molar-refractivity contribution < 1.29 is 17.9 Å². The number of methoxy groups -OCH3 is 2. The Labute approximate surface area is 118 Å². The van der Waals surface area contributed by atoms with Crippen LogP contribution in [0.3, 0.4) is 0 Å². The molecule has 0 amide bonds. The van der Waals surface area contributed by atoms with Crippen LogP contribution in [0.15, 0.2) is 6.07 Å². The van der Waals surface area contributed by atoms with Crippen LogP contribution in [0.4, 0.5) is 5.82 Å². The van der Waals surface area contributed by atoms with Gasteiger partial charge in [-0.3, -0.25) is 0 Å². The van der Waals surface area contributed by atoms with Gasteiger partial charge in [-0.05, 0) is 13.3 Å². The number of hydrogen-bond donors (Lipinski definition) is 1. The van der Waals surface area contributed by atoms with E-state index >= 15 is 0 Å². The van der Waals surface area contributed by atoms with Crippen molar-refractivity contribution in [1.29, 1.82) is 0 Å². The van der Waals surface area contributed by atoms with Crippen molar-refractivity contribution in [3.8, 4) is 6.01 Å². The van der Waals surface area contributed by atoms with Crippen molar-refractivity contribution in [2.75, 3.05) is 37.6 Å². The molecule has 112 valence electrons. The summed E-state index contributed by atoms with van der Waals surface area (Å²) in [5.41, 5.74) is 0.0788. The van der Waals surface area contributed by atoms with Gasteiger partial charge < -0.3 is 14.8 Å². The van der Waals surface area contributed by atoms with Crippen molar-refractivity contribution in [2.24, 2.45) is 0 Å². The van der Waals surface area contributed by atoms with Gasteiger partial charge in [0.25, 0.3) is 0 Å². The van der Waals surface area contributed by atoms with E-state index in [-0.39, 0.29) is 17.5 Å². The Morgan fingerprint density at radius 1 is 1.40 bits per heavy atom. The molecule has 1 fully saturated rings. The van der Waals surface area contributed by atoms with Gasteiger partial charge in [0.2, 0.25) is 0 Å². The molecule has 0 spiro atoms. The number of aromatic nitrogens is 2. The first-order chi connectivity index (χ1) is 9.38. The average molecular weight is 301 g/mol. The second-order valence-electron chi connectivity index (χ2n) is 4.96. The van der Waals surface area contributed by atoms with Gasteiger partial charge in [0.1, 0.15) is 5.82 Å². The molecule has 0 aromatic carbocycles. The van der Waals surface area contributed by atoms with E-state index < -0.39 is 15.4 Å². The molecule has 8 heteroatoms. The number of ether oxygens (including phenoxy) is 2. The van der Waals surface area contributed by atoms with E-state index in [0.717, 1.165) is 5.69 Å². The number of aryl methyl sites for hydroxylation is 1. The van der Waals surface area contributed by atoms with E-state index in [0.29, 0.717) is 18.8 Å². The van der Waals surface area contributed by atoms with Crippen molar-refractivity contribution >= 4 is 15.7 Å². The third-order valence-corrected chi connectivity index (χ3v) is 5.18. The second kappa shape index (κ2) is 5.53. The van der Waals surface area contributed by atoms with Crippen LogP contribution >= 0.6 is 0 Å². The van der Waals surface area contributed by atoms with Crippen LogP contribution in [-0.2, 0) is 14.6 Å². The summed E-state index contributed by atoms with van der Waals surface area (Å²) in [5, 5.41) is 3.11. The highest BCUT2D eigenvalue weighted by molar-refractivity contribution is 7.91. The molecule has 20 heavy (non-hydrogen) atoms. The van der Waals surface area contributed by atoms with Crippen LogP contribution in [0.1, 0.15) is 12.1 Å². The molecule has 1 N–H and O–H groups in total. The summed E-state index contributed by atoms with van der Waals surface area (Å²) in [5.74, 6) is 0.786. The molecule has 1 aliphatic rings. The molecule has 1 aliphatic heterocycles. The van der Waals surface area contributed by atoms with E-state index in [2.05, 4.69) is 15.3 Å². The van der Waals surface area contributed by atoms with E-state index in [1.54, 1.807) is 6.07 Å². The van der Waals surface area contributed by atoms with Crippen LogP contribution in [0, 0.1) is 6.92 Å². The number of rotatable bonds is 5. The Kier molecular flexibility index (Phi) is 4.14. The highest BCUT2D eigenvalue weighted by Crippen LogP contribution is 2.27. The van der Waals surface area contributed by atoms with Gasteiger partial charge in [0.05, 0.1) is 24.2 Å². The van der Waals surface area contributed by atoms with E-state index in [4.69, 9.17) is 9.47 Å². The number of hydrogen-bond acceptors (Lipinski definition) is 7. The van der Waals surface area contributed by atoms with Crippen molar-refractivity contribution in [1.82, 2.24) is 9.97 Å². The highest BCUT2D eigenvalue weighted by Gasteiger charge is 2.42. The normalized spacial score (nSPS) is 24.6. The first-order valence-corrected chi connectivity index (χ1v) is 8.09. The highest BCUT2D eigenvalue weighted by atomic mass is 32.2. The summed E-state index contributed by atoms with van der Waals surface area (Å²) in [6.45, 7) is 2.21. The number of sulfone groups is 1.